The number of anilines is 1. The first kappa shape index (κ1) is 16.3. The minimum Gasteiger partial charge on any atom is -0.383 e. The van der Waals surface area contributed by atoms with Gasteiger partial charge in [0.05, 0.1) is 12.3 Å². The Morgan fingerprint density at radius 1 is 1.36 bits per heavy atom. The molecule has 2 heterocycles. The Bertz CT molecular complexity index is 552. The molecule has 0 amide bonds. The van der Waals surface area contributed by atoms with Crippen molar-refractivity contribution in [1.82, 2.24) is 4.81 Å². The molecular weight excluding hydrogens is 339 g/mol. The number of ether oxygens (including phenoxy) is 1. The zero-order chi connectivity index (χ0) is 15.7. The number of methoxy groups -OCH3 is 1. The molecule has 0 spiro atoms. The lowest BCUT2D eigenvalue weighted by atomic mass is 9.89. The van der Waals surface area contributed by atoms with Gasteiger partial charge in [-0.15, -0.1) is 0 Å². The van der Waals surface area contributed by atoms with E-state index in [9.17, 15) is 0 Å². The van der Waals surface area contributed by atoms with E-state index in [4.69, 9.17) is 4.74 Å². The Labute approximate surface area is 143 Å². The average Bonchev–Trinajstić information content (AvgIpc) is 2.64. The van der Waals surface area contributed by atoms with Crippen molar-refractivity contribution < 1.29 is 4.74 Å². The molecule has 0 aromatic heterocycles. The molecule has 1 aromatic rings. The van der Waals surface area contributed by atoms with Crippen LogP contribution in [0.4, 0.5) is 5.69 Å². The molecule has 1 atom stereocenters. The minimum atomic E-state index is 0.610. The highest BCUT2D eigenvalue weighted by Crippen LogP contribution is 2.42. The molecule has 2 aliphatic rings. The van der Waals surface area contributed by atoms with Gasteiger partial charge in [0.15, 0.2) is 7.98 Å². The van der Waals surface area contributed by atoms with Crippen LogP contribution < -0.4 is 4.90 Å². The first-order valence-corrected chi connectivity index (χ1v) is 9.17. The van der Waals surface area contributed by atoms with Crippen molar-refractivity contribution >= 4 is 29.6 Å². The topological polar surface area (TPSA) is 15.7 Å². The van der Waals surface area contributed by atoms with Gasteiger partial charge in [0, 0.05) is 24.7 Å². The van der Waals surface area contributed by atoms with Crippen LogP contribution in [0.5, 0.6) is 0 Å². The second kappa shape index (κ2) is 6.94. The van der Waals surface area contributed by atoms with E-state index in [2.05, 4.69) is 46.6 Å². The molecule has 120 valence electrons. The summed E-state index contributed by atoms with van der Waals surface area (Å²) in [6.45, 7) is 7.59. The standard InChI is InChI=1S/C17H26BBrN2O/c1-12-11-21(18)7-5-14-15(12)10-13-4-3-6-20(8-9-22-2)17(13)16(14)19/h10,12H,3-9,11,18H2,1-2H3. The maximum absolute atomic E-state index is 5.30. The molecular formula is C17H26BBrN2O. The summed E-state index contributed by atoms with van der Waals surface area (Å²) in [5.74, 6) is 0.610. The van der Waals surface area contributed by atoms with E-state index in [0.717, 1.165) is 39.2 Å². The molecule has 2 aliphatic heterocycles. The summed E-state index contributed by atoms with van der Waals surface area (Å²) < 4.78 is 6.64. The van der Waals surface area contributed by atoms with Crippen LogP contribution in [-0.2, 0) is 17.6 Å². The second-order valence-electron chi connectivity index (χ2n) is 6.76. The number of hydrogen-bond acceptors (Lipinski definition) is 3. The van der Waals surface area contributed by atoms with Crippen LogP contribution >= 0.6 is 15.9 Å². The van der Waals surface area contributed by atoms with Crippen molar-refractivity contribution in [3.05, 3.63) is 27.2 Å². The van der Waals surface area contributed by atoms with Crippen LogP contribution in [0.3, 0.4) is 0 Å². The van der Waals surface area contributed by atoms with E-state index in [-0.39, 0.29) is 0 Å². The van der Waals surface area contributed by atoms with E-state index in [0.29, 0.717) is 5.92 Å². The SMILES string of the molecule is BN1CCc2c(cc3c(c2Br)N(CCOC)CCC3)C(C)C1. The van der Waals surface area contributed by atoms with E-state index in [1.165, 1.54) is 34.1 Å². The molecule has 0 bridgehead atoms. The van der Waals surface area contributed by atoms with Crippen LogP contribution in [-0.4, -0.2) is 52.7 Å². The molecule has 0 saturated carbocycles. The van der Waals surface area contributed by atoms with Crippen LogP contribution in [0.2, 0.25) is 0 Å². The Hall–Kier alpha value is -0.515. The lowest BCUT2D eigenvalue weighted by molar-refractivity contribution is 0.205. The van der Waals surface area contributed by atoms with E-state index < -0.39 is 0 Å². The van der Waals surface area contributed by atoms with E-state index >= 15 is 0 Å². The Balaban J connectivity index is 2.03. The third kappa shape index (κ3) is 3.08. The van der Waals surface area contributed by atoms with Crippen LogP contribution in [0.1, 0.15) is 36.0 Å². The van der Waals surface area contributed by atoms with Gasteiger partial charge in [0.25, 0.3) is 0 Å². The third-order valence-corrected chi connectivity index (χ3v) is 5.93. The van der Waals surface area contributed by atoms with Crippen molar-refractivity contribution in [3.8, 4) is 0 Å². The fraction of sp³-hybridized carbons (Fsp3) is 0.647. The number of hydrogen-bond donors (Lipinski definition) is 0. The van der Waals surface area contributed by atoms with Crippen molar-refractivity contribution in [2.75, 3.05) is 44.8 Å². The normalized spacial score (nSPS) is 22.1. The first-order valence-electron chi connectivity index (χ1n) is 8.38. The highest BCUT2D eigenvalue weighted by molar-refractivity contribution is 9.10. The summed E-state index contributed by atoms with van der Waals surface area (Å²) >= 11 is 3.97. The fourth-order valence-electron chi connectivity index (χ4n) is 3.94. The number of aryl methyl sites for hydroxylation is 1. The highest BCUT2D eigenvalue weighted by atomic mass is 79.9. The second-order valence-corrected chi connectivity index (χ2v) is 7.56. The smallest absolute Gasteiger partial charge is 0.185 e. The molecule has 3 nitrogen and oxygen atoms in total. The summed E-state index contributed by atoms with van der Waals surface area (Å²) in [6, 6.07) is 2.50. The summed E-state index contributed by atoms with van der Waals surface area (Å²) in [5, 5.41) is 0. The minimum absolute atomic E-state index is 0.610. The van der Waals surface area contributed by atoms with Gasteiger partial charge in [-0.25, -0.2) is 0 Å². The van der Waals surface area contributed by atoms with Crippen LogP contribution in [0.25, 0.3) is 0 Å². The zero-order valence-corrected chi connectivity index (χ0v) is 15.6. The average molecular weight is 365 g/mol. The van der Waals surface area contributed by atoms with Crippen molar-refractivity contribution in [2.45, 2.75) is 32.1 Å². The van der Waals surface area contributed by atoms with Gasteiger partial charge in [0.2, 0.25) is 0 Å². The summed E-state index contributed by atoms with van der Waals surface area (Å²) in [4.78, 5) is 4.96. The molecule has 0 N–H and O–H groups in total. The van der Waals surface area contributed by atoms with E-state index in [1.807, 2.05) is 0 Å². The Kier molecular flexibility index (Phi) is 5.15. The quantitative estimate of drug-likeness (QED) is 0.765. The van der Waals surface area contributed by atoms with Gasteiger partial charge in [0.1, 0.15) is 0 Å². The molecule has 5 heteroatoms. The highest BCUT2D eigenvalue weighted by Gasteiger charge is 2.27. The first-order chi connectivity index (χ1) is 10.6. The Morgan fingerprint density at radius 2 is 2.18 bits per heavy atom. The van der Waals surface area contributed by atoms with Crippen molar-refractivity contribution in [1.29, 1.82) is 0 Å². The number of rotatable bonds is 3. The molecule has 3 rings (SSSR count). The van der Waals surface area contributed by atoms with E-state index in [1.54, 1.807) is 12.7 Å². The summed E-state index contributed by atoms with van der Waals surface area (Å²) in [7, 11) is 4.02. The Morgan fingerprint density at radius 3 is 2.95 bits per heavy atom. The van der Waals surface area contributed by atoms with Gasteiger partial charge < -0.3 is 14.4 Å². The summed E-state index contributed by atoms with van der Waals surface area (Å²) in [6.07, 6.45) is 3.59. The number of benzene rings is 1. The lowest BCUT2D eigenvalue weighted by Crippen LogP contribution is -2.33. The maximum Gasteiger partial charge on any atom is 0.185 e. The van der Waals surface area contributed by atoms with Gasteiger partial charge in [-0.1, -0.05) is 13.0 Å². The lowest BCUT2D eigenvalue weighted by Gasteiger charge is -2.34. The van der Waals surface area contributed by atoms with Gasteiger partial charge >= 0.3 is 0 Å². The molecule has 1 unspecified atom stereocenters. The molecule has 0 saturated heterocycles. The monoisotopic (exact) mass is 364 g/mol. The third-order valence-electron chi connectivity index (χ3n) is 5.07. The summed E-state index contributed by atoms with van der Waals surface area (Å²) in [5.41, 5.74) is 6.03. The predicted octanol–water partition coefficient (Wildman–Crippen LogP) is 2.36. The molecule has 0 aliphatic carbocycles. The molecule has 0 radical (unpaired) electrons. The molecule has 22 heavy (non-hydrogen) atoms. The van der Waals surface area contributed by atoms with Crippen molar-refractivity contribution in [3.63, 3.8) is 0 Å². The largest absolute Gasteiger partial charge is 0.383 e. The van der Waals surface area contributed by atoms with Gasteiger partial charge in [-0.05, 0) is 70.9 Å². The number of halogens is 1. The maximum atomic E-state index is 5.30. The van der Waals surface area contributed by atoms with Gasteiger partial charge in [-0.2, -0.15) is 0 Å². The number of nitrogens with zero attached hydrogens (tertiary/aromatic N) is 2. The van der Waals surface area contributed by atoms with Crippen LogP contribution in [0.15, 0.2) is 10.5 Å². The van der Waals surface area contributed by atoms with Crippen molar-refractivity contribution in [2.24, 2.45) is 0 Å². The van der Waals surface area contributed by atoms with Crippen LogP contribution in [0, 0.1) is 0 Å². The fourth-order valence-corrected chi connectivity index (χ4v) is 4.87. The number of fused-ring (bicyclic) bond motifs is 2. The predicted molar refractivity (Wildman–Crippen MR) is 98.8 cm³/mol. The molecule has 0 fully saturated rings. The molecule has 1 aromatic carbocycles. The van der Waals surface area contributed by atoms with Gasteiger partial charge in [-0.3, -0.25) is 0 Å². The zero-order valence-electron chi connectivity index (χ0n) is 14.0.